The Balaban J connectivity index is 1.96. The molecule has 0 saturated carbocycles. The Morgan fingerprint density at radius 3 is 3.10 bits per heavy atom. The fraction of sp³-hybridized carbons (Fsp3) is 1.00. The molecule has 2 unspecified atom stereocenters. The summed E-state index contributed by atoms with van der Waals surface area (Å²) in [5.74, 6) is 0. The smallest absolute Gasteiger partial charge is 0.0639 e. The van der Waals surface area contributed by atoms with E-state index < -0.39 is 0 Å². The molecule has 0 bridgehead atoms. The first-order valence-electron chi connectivity index (χ1n) is 4.07. The van der Waals surface area contributed by atoms with Crippen molar-refractivity contribution in [2.45, 2.75) is 37.1 Å². The van der Waals surface area contributed by atoms with Crippen LogP contribution >= 0.6 is 12.6 Å². The lowest BCUT2D eigenvalue weighted by atomic mass is 10.1. The summed E-state index contributed by atoms with van der Waals surface area (Å²) in [5, 5.41) is 2.77. The topological polar surface area (TPSA) is 15.3 Å². The lowest BCUT2D eigenvalue weighted by Crippen LogP contribution is -2.49. The summed E-state index contributed by atoms with van der Waals surface area (Å²) >= 11 is 4.39. The molecule has 0 spiro atoms. The molecule has 0 aliphatic carbocycles. The Bertz CT molecular complexity index is 129. The monoisotopic (exact) mass is 158 g/mol. The van der Waals surface area contributed by atoms with E-state index in [0.29, 0.717) is 5.37 Å². The highest BCUT2D eigenvalue weighted by Crippen LogP contribution is 2.25. The first-order chi connectivity index (χ1) is 4.86. The van der Waals surface area contributed by atoms with Crippen LogP contribution in [0.25, 0.3) is 0 Å². The van der Waals surface area contributed by atoms with E-state index in [9.17, 15) is 0 Å². The second-order valence-corrected chi connectivity index (χ2v) is 3.84. The second-order valence-electron chi connectivity index (χ2n) is 3.21. The quantitative estimate of drug-likeness (QED) is 0.511. The molecule has 2 fully saturated rings. The van der Waals surface area contributed by atoms with Crippen LogP contribution in [0.4, 0.5) is 0 Å². The summed E-state index contributed by atoms with van der Waals surface area (Å²) in [5.41, 5.74) is 3.38. The van der Waals surface area contributed by atoms with Crippen LogP contribution < -0.4 is 5.43 Å². The standard InChI is InChI=1S/C7H14N2S/c10-7-4-3-6-2-1-5-9(6)8-7/h6-8,10H,1-5H2. The molecule has 2 atom stereocenters. The minimum Gasteiger partial charge on any atom is -0.242 e. The lowest BCUT2D eigenvalue weighted by molar-refractivity contribution is 0.117. The summed E-state index contributed by atoms with van der Waals surface area (Å²) < 4.78 is 0. The van der Waals surface area contributed by atoms with E-state index in [-0.39, 0.29) is 0 Å². The fourth-order valence-electron chi connectivity index (χ4n) is 1.91. The number of hydrazine groups is 1. The van der Waals surface area contributed by atoms with Crippen LogP contribution in [0, 0.1) is 0 Å². The van der Waals surface area contributed by atoms with Gasteiger partial charge >= 0.3 is 0 Å². The first-order valence-corrected chi connectivity index (χ1v) is 4.59. The van der Waals surface area contributed by atoms with Gasteiger partial charge in [0.05, 0.1) is 5.37 Å². The molecule has 2 aliphatic rings. The van der Waals surface area contributed by atoms with E-state index in [2.05, 4.69) is 23.1 Å². The molecule has 0 aromatic heterocycles. The highest BCUT2D eigenvalue weighted by molar-refractivity contribution is 7.80. The summed E-state index contributed by atoms with van der Waals surface area (Å²) in [6.07, 6.45) is 5.30. The van der Waals surface area contributed by atoms with Crippen molar-refractivity contribution in [3.8, 4) is 0 Å². The Kier molecular flexibility index (Phi) is 1.89. The molecule has 0 radical (unpaired) electrons. The van der Waals surface area contributed by atoms with E-state index in [1.54, 1.807) is 0 Å². The first kappa shape index (κ1) is 6.95. The average molecular weight is 158 g/mol. The van der Waals surface area contributed by atoms with E-state index in [4.69, 9.17) is 0 Å². The molecule has 0 aromatic rings. The van der Waals surface area contributed by atoms with Gasteiger partial charge in [-0.3, -0.25) is 0 Å². The third kappa shape index (κ3) is 1.18. The molecular formula is C7H14N2S. The molecular weight excluding hydrogens is 144 g/mol. The zero-order valence-corrected chi connectivity index (χ0v) is 6.98. The number of hydrogen-bond acceptors (Lipinski definition) is 3. The molecule has 2 rings (SSSR count). The maximum atomic E-state index is 4.39. The summed E-state index contributed by atoms with van der Waals surface area (Å²) in [4.78, 5) is 0. The van der Waals surface area contributed by atoms with Gasteiger partial charge in [0.25, 0.3) is 0 Å². The largest absolute Gasteiger partial charge is 0.242 e. The van der Waals surface area contributed by atoms with Crippen molar-refractivity contribution < 1.29 is 0 Å². The van der Waals surface area contributed by atoms with E-state index >= 15 is 0 Å². The summed E-state index contributed by atoms with van der Waals surface area (Å²) in [6.45, 7) is 1.22. The Hall–Kier alpha value is 0.270. The van der Waals surface area contributed by atoms with Crippen molar-refractivity contribution in [3.63, 3.8) is 0 Å². The molecule has 3 heteroatoms. The Morgan fingerprint density at radius 1 is 1.30 bits per heavy atom. The van der Waals surface area contributed by atoms with Crippen LogP contribution in [-0.4, -0.2) is 23.0 Å². The van der Waals surface area contributed by atoms with Gasteiger partial charge in [0, 0.05) is 12.6 Å². The zero-order chi connectivity index (χ0) is 6.97. The third-order valence-corrected chi connectivity index (χ3v) is 2.84. The molecule has 1 N–H and O–H groups in total. The van der Waals surface area contributed by atoms with Gasteiger partial charge in [0.1, 0.15) is 0 Å². The highest BCUT2D eigenvalue weighted by Gasteiger charge is 2.29. The molecule has 0 aromatic carbocycles. The van der Waals surface area contributed by atoms with Crippen molar-refractivity contribution >= 4 is 12.6 Å². The van der Waals surface area contributed by atoms with Crippen LogP contribution in [0.2, 0.25) is 0 Å². The van der Waals surface area contributed by atoms with Gasteiger partial charge in [0.15, 0.2) is 0 Å². The normalized spacial score (nSPS) is 41.7. The van der Waals surface area contributed by atoms with Crippen LogP contribution in [0.3, 0.4) is 0 Å². The zero-order valence-electron chi connectivity index (χ0n) is 6.08. The lowest BCUT2D eigenvalue weighted by Gasteiger charge is -2.33. The van der Waals surface area contributed by atoms with Crippen molar-refractivity contribution in [2.75, 3.05) is 6.54 Å². The number of nitrogens with zero attached hydrogens (tertiary/aromatic N) is 1. The van der Waals surface area contributed by atoms with Crippen LogP contribution in [0.1, 0.15) is 25.7 Å². The van der Waals surface area contributed by atoms with Crippen molar-refractivity contribution in [1.82, 2.24) is 10.4 Å². The van der Waals surface area contributed by atoms with Crippen LogP contribution in [0.15, 0.2) is 0 Å². The fourth-order valence-corrected chi connectivity index (χ4v) is 2.21. The number of thiol groups is 1. The number of fused-ring (bicyclic) bond motifs is 1. The molecule has 2 aliphatic heterocycles. The minimum absolute atomic E-state index is 0.411. The summed E-state index contributed by atoms with van der Waals surface area (Å²) in [7, 11) is 0. The predicted octanol–water partition coefficient (Wildman–Crippen LogP) is 1.01. The molecule has 10 heavy (non-hydrogen) atoms. The molecule has 58 valence electrons. The van der Waals surface area contributed by atoms with Gasteiger partial charge < -0.3 is 0 Å². The van der Waals surface area contributed by atoms with E-state index in [1.807, 2.05) is 0 Å². The van der Waals surface area contributed by atoms with Crippen molar-refractivity contribution in [1.29, 1.82) is 0 Å². The summed E-state index contributed by atoms with van der Waals surface area (Å²) in [6, 6.07) is 0.823. The SMILES string of the molecule is SC1CCC2CCCN2N1. The van der Waals surface area contributed by atoms with Gasteiger partial charge in [-0.1, -0.05) is 0 Å². The van der Waals surface area contributed by atoms with Crippen molar-refractivity contribution in [2.24, 2.45) is 0 Å². The van der Waals surface area contributed by atoms with E-state index in [1.165, 1.54) is 32.2 Å². The van der Waals surface area contributed by atoms with E-state index in [0.717, 1.165) is 6.04 Å². The second kappa shape index (κ2) is 2.72. The van der Waals surface area contributed by atoms with Gasteiger partial charge in [-0.25, -0.2) is 10.4 Å². The van der Waals surface area contributed by atoms with Gasteiger partial charge in [-0.05, 0) is 25.7 Å². The maximum Gasteiger partial charge on any atom is 0.0639 e. The number of nitrogens with one attached hydrogen (secondary N) is 1. The van der Waals surface area contributed by atoms with Gasteiger partial charge in [-0.15, -0.1) is 0 Å². The van der Waals surface area contributed by atoms with Crippen LogP contribution in [-0.2, 0) is 0 Å². The number of rotatable bonds is 0. The van der Waals surface area contributed by atoms with Crippen LogP contribution in [0.5, 0.6) is 0 Å². The third-order valence-electron chi connectivity index (χ3n) is 2.47. The Morgan fingerprint density at radius 2 is 2.20 bits per heavy atom. The average Bonchev–Trinajstić information content (AvgIpc) is 2.33. The molecule has 2 nitrogen and oxygen atoms in total. The van der Waals surface area contributed by atoms with Gasteiger partial charge in [-0.2, -0.15) is 12.6 Å². The highest BCUT2D eigenvalue weighted by atomic mass is 32.1. The predicted molar refractivity (Wildman–Crippen MR) is 44.9 cm³/mol. The molecule has 0 amide bonds. The number of hydrogen-bond donors (Lipinski definition) is 2. The van der Waals surface area contributed by atoms with Crippen molar-refractivity contribution in [3.05, 3.63) is 0 Å². The Labute approximate surface area is 67.4 Å². The molecule has 2 saturated heterocycles. The van der Waals surface area contributed by atoms with Gasteiger partial charge in [0.2, 0.25) is 0 Å². The molecule has 2 heterocycles. The maximum absolute atomic E-state index is 4.39. The minimum atomic E-state index is 0.411.